The minimum Gasteiger partial charge on any atom is -0.425 e. The fraction of sp³-hybridized carbons (Fsp3) is 0.375. The summed E-state index contributed by atoms with van der Waals surface area (Å²) in [7, 11) is 0. The Morgan fingerprint density at radius 3 is 2.75 bits per heavy atom. The molecule has 2 aromatic rings. The van der Waals surface area contributed by atoms with E-state index in [0.29, 0.717) is 27.2 Å². The number of hydrogen-bond donors (Lipinski definition) is 2. The van der Waals surface area contributed by atoms with Gasteiger partial charge in [0, 0.05) is 33.1 Å². The van der Waals surface area contributed by atoms with Gasteiger partial charge in [0.2, 0.25) is 0 Å². The number of rotatable bonds is 4. The van der Waals surface area contributed by atoms with Crippen LogP contribution in [0.2, 0.25) is 10.0 Å². The first-order valence-corrected chi connectivity index (χ1v) is 9.31. The van der Waals surface area contributed by atoms with Gasteiger partial charge in [0.1, 0.15) is 0 Å². The van der Waals surface area contributed by atoms with E-state index >= 15 is 0 Å². The quantitative estimate of drug-likeness (QED) is 0.841. The fourth-order valence-corrected chi connectivity index (χ4v) is 4.81. The zero-order valence-electron chi connectivity index (χ0n) is 12.6. The average Bonchev–Trinajstić information content (AvgIpc) is 3.22. The van der Waals surface area contributed by atoms with Crippen LogP contribution in [0.5, 0.6) is 0 Å². The largest absolute Gasteiger partial charge is 0.425 e. The van der Waals surface area contributed by atoms with Crippen molar-refractivity contribution in [3.8, 4) is 0 Å². The molecule has 8 heteroatoms. The Hall–Kier alpha value is -1.21. The number of nitrogens with zero attached hydrogens (tertiary/aromatic N) is 1. The van der Waals surface area contributed by atoms with Crippen LogP contribution in [-0.4, -0.2) is 29.0 Å². The number of carbonyl (C=O) groups is 1. The van der Waals surface area contributed by atoms with Gasteiger partial charge in [0.25, 0.3) is 5.89 Å². The van der Waals surface area contributed by atoms with E-state index in [9.17, 15) is 4.79 Å². The van der Waals surface area contributed by atoms with E-state index in [-0.39, 0.29) is 17.8 Å². The highest BCUT2D eigenvalue weighted by Gasteiger charge is 2.40. The van der Waals surface area contributed by atoms with E-state index in [2.05, 4.69) is 15.6 Å². The molecule has 0 spiro atoms. The third-order valence-corrected chi connectivity index (χ3v) is 5.65. The molecule has 2 aliphatic heterocycles. The minimum atomic E-state index is -0.273. The van der Waals surface area contributed by atoms with E-state index < -0.39 is 0 Å². The molecule has 0 unspecified atom stereocenters. The van der Waals surface area contributed by atoms with Crippen LogP contribution >= 0.6 is 35.0 Å². The normalized spacial score (nSPS) is 25.2. The average molecular weight is 384 g/mol. The molecule has 2 fully saturated rings. The zero-order chi connectivity index (χ0) is 16.7. The Balaban J connectivity index is 1.41. The van der Waals surface area contributed by atoms with E-state index in [0.717, 1.165) is 17.7 Å². The second kappa shape index (κ2) is 6.59. The summed E-state index contributed by atoms with van der Waals surface area (Å²) in [5.41, 5.74) is 0. The number of nitrogens with one attached hydrogen (secondary N) is 2. The standard InChI is InChI=1S/C16H15Cl2N3O2S/c17-8-3-9(18)5-11(4-8)24-14-7-19-16(23-14)15(22)21-13-6-10-1-2-12(13)20-10/h3-5,7,10,12-13,20H,1-2,6H2,(H,21,22)/t10-,12+,13-/m1/s1. The Morgan fingerprint density at radius 1 is 1.29 bits per heavy atom. The van der Waals surface area contributed by atoms with Crippen molar-refractivity contribution in [3.63, 3.8) is 0 Å². The van der Waals surface area contributed by atoms with Crippen molar-refractivity contribution < 1.29 is 9.21 Å². The molecule has 4 rings (SSSR count). The maximum absolute atomic E-state index is 12.3. The van der Waals surface area contributed by atoms with E-state index in [1.54, 1.807) is 18.2 Å². The Kier molecular flexibility index (Phi) is 4.47. The van der Waals surface area contributed by atoms with Gasteiger partial charge >= 0.3 is 5.91 Å². The molecule has 0 saturated carbocycles. The van der Waals surface area contributed by atoms with Crippen LogP contribution in [0.15, 0.2) is 38.8 Å². The van der Waals surface area contributed by atoms with Gasteiger partial charge in [-0.05, 0) is 37.5 Å². The van der Waals surface area contributed by atoms with Gasteiger partial charge in [-0.1, -0.05) is 35.0 Å². The molecule has 5 nitrogen and oxygen atoms in total. The monoisotopic (exact) mass is 383 g/mol. The first-order valence-electron chi connectivity index (χ1n) is 7.73. The molecule has 1 aromatic heterocycles. The topological polar surface area (TPSA) is 67.2 Å². The minimum absolute atomic E-state index is 0.0772. The summed E-state index contributed by atoms with van der Waals surface area (Å²) in [4.78, 5) is 17.2. The summed E-state index contributed by atoms with van der Waals surface area (Å²) >= 11 is 13.3. The SMILES string of the molecule is O=C(N[C@@H]1C[C@H]2CC[C@@H]1N2)c1ncc(Sc2cc(Cl)cc(Cl)c2)o1. The fourth-order valence-electron chi connectivity index (χ4n) is 3.33. The van der Waals surface area contributed by atoms with Crippen LogP contribution in [0, 0.1) is 0 Å². The van der Waals surface area contributed by atoms with Crippen LogP contribution in [-0.2, 0) is 0 Å². The molecule has 3 atom stereocenters. The number of aromatic nitrogens is 1. The van der Waals surface area contributed by atoms with E-state index in [4.69, 9.17) is 27.6 Å². The number of benzene rings is 1. The molecular weight excluding hydrogens is 369 g/mol. The number of hydrogen-bond acceptors (Lipinski definition) is 5. The summed E-state index contributed by atoms with van der Waals surface area (Å²) in [6, 6.07) is 6.28. The summed E-state index contributed by atoms with van der Waals surface area (Å²) < 4.78 is 5.55. The molecule has 3 heterocycles. The zero-order valence-corrected chi connectivity index (χ0v) is 14.9. The van der Waals surface area contributed by atoms with Crippen LogP contribution in [0.25, 0.3) is 0 Å². The molecule has 1 aromatic carbocycles. The van der Waals surface area contributed by atoms with Gasteiger partial charge in [0.05, 0.1) is 6.20 Å². The summed E-state index contributed by atoms with van der Waals surface area (Å²) in [5, 5.41) is 8.11. The van der Waals surface area contributed by atoms with Gasteiger partial charge in [-0.25, -0.2) is 4.98 Å². The number of halogens is 2. The highest BCUT2D eigenvalue weighted by atomic mass is 35.5. The number of carbonyl (C=O) groups excluding carboxylic acids is 1. The smallest absolute Gasteiger partial charge is 0.307 e. The lowest BCUT2D eigenvalue weighted by atomic mass is 9.95. The van der Waals surface area contributed by atoms with Crippen molar-refractivity contribution in [1.29, 1.82) is 0 Å². The highest BCUT2D eigenvalue weighted by molar-refractivity contribution is 7.99. The Labute approximate surface area is 153 Å². The molecule has 2 aliphatic rings. The molecule has 24 heavy (non-hydrogen) atoms. The lowest BCUT2D eigenvalue weighted by molar-refractivity contribution is 0.0890. The van der Waals surface area contributed by atoms with Crippen molar-refractivity contribution in [3.05, 3.63) is 40.3 Å². The van der Waals surface area contributed by atoms with E-state index in [1.165, 1.54) is 24.4 Å². The van der Waals surface area contributed by atoms with Gasteiger partial charge < -0.3 is 15.1 Å². The summed E-state index contributed by atoms with van der Waals surface area (Å²) in [6.45, 7) is 0. The lowest BCUT2D eigenvalue weighted by Gasteiger charge is -2.20. The number of amides is 1. The molecule has 1 amide bonds. The molecule has 2 bridgehead atoms. The number of oxazole rings is 1. The van der Waals surface area contributed by atoms with Crippen molar-refractivity contribution in [2.45, 2.75) is 47.4 Å². The van der Waals surface area contributed by atoms with Crippen LogP contribution < -0.4 is 10.6 Å². The molecule has 2 N–H and O–H groups in total. The first-order chi connectivity index (χ1) is 11.6. The third-order valence-electron chi connectivity index (χ3n) is 4.35. The van der Waals surface area contributed by atoms with Crippen molar-refractivity contribution in [2.75, 3.05) is 0 Å². The van der Waals surface area contributed by atoms with Crippen LogP contribution in [0.3, 0.4) is 0 Å². The van der Waals surface area contributed by atoms with Crippen molar-refractivity contribution in [1.82, 2.24) is 15.6 Å². The van der Waals surface area contributed by atoms with Gasteiger partial charge in [-0.15, -0.1) is 0 Å². The second-order valence-electron chi connectivity index (χ2n) is 6.05. The summed E-state index contributed by atoms with van der Waals surface area (Å²) in [6.07, 6.45) is 4.81. The van der Waals surface area contributed by atoms with E-state index in [1.807, 2.05) is 0 Å². The van der Waals surface area contributed by atoms with Crippen LogP contribution in [0.4, 0.5) is 0 Å². The Bertz CT molecular complexity index is 762. The third kappa shape index (κ3) is 3.42. The molecule has 126 valence electrons. The molecule has 2 saturated heterocycles. The van der Waals surface area contributed by atoms with Gasteiger partial charge in [-0.2, -0.15) is 0 Å². The summed E-state index contributed by atoms with van der Waals surface area (Å²) in [5.74, 6) is -0.196. The van der Waals surface area contributed by atoms with Crippen LogP contribution in [0.1, 0.15) is 29.9 Å². The number of fused-ring (bicyclic) bond motifs is 2. The predicted molar refractivity (Wildman–Crippen MR) is 92.9 cm³/mol. The highest BCUT2D eigenvalue weighted by Crippen LogP contribution is 2.33. The predicted octanol–water partition coefficient (Wildman–Crippen LogP) is 3.76. The second-order valence-corrected chi connectivity index (χ2v) is 8.01. The van der Waals surface area contributed by atoms with Crippen molar-refractivity contribution in [2.24, 2.45) is 0 Å². The molecular formula is C16H15Cl2N3O2S. The first kappa shape index (κ1) is 16.3. The van der Waals surface area contributed by atoms with Gasteiger partial charge in [-0.3, -0.25) is 4.79 Å². The maximum atomic E-state index is 12.3. The lowest BCUT2D eigenvalue weighted by Crippen LogP contribution is -2.43. The Morgan fingerprint density at radius 2 is 2.08 bits per heavy atom. The maximum Gasteiger partial charge on any atom is 0.307 e. The van der Waals surface area contributed by atoms with Gasteiger partial charge in [0.15, 0.2) is 5.09 Å². The van der Waals surface area contributed by atoms with Crippen molar-refractivity contribution >= 4 is 40.9 Å². The molecule has 0 aliphatic carbocycles. The molecule has 0 radical (unpaired) electrons.